The Bertz CT molecular complexity index is 660. The summed E-state index contributed by atoms with van der Waals surface area (Å²) in [5.74, 6) is -0.106. The van der Waals surface area contributed by atoms with Crippen molar-refractivity contribution in [2.75, 3.05) is 11.9 Å². The zero-order valence-electron chi connectivity index (χ0n) is 12.8. The third-order valence-corrected chi connectivity index (χ3v) is 3.56. The normalized spacial score (nSPS) is 11.6. The maximum atomic E-state index is 12.1. The summed E-state index contributed by atoms with van der Waals surface area (Å²) in [7, 11) is 0. The number of hydrogen-bond donors (Lipinski definition) is 1. The van der Waals surface area contributed by atoms with Crippen LogP contribution < -0.4 is 10.1 Å². The number of para-hydroxylation sites is 1. The first-order chi connectivity index (χ1) is 11.1. The molecule has 1 unspecified atom stereocenters. The number of nitrogens with zero attached hydrogens (tertiary/aromatic N) is 2. The lowest BCUT2D eigenvalue weighted by molar-refractivity contribution is -0.142. The number of carbonyl (C=O) groups is 2. The van der Waals surface area contributed by atoms with Gasteiger partial charge in [-0.15, -0.1) is 10.2 Å². The number of aromatic nitrogens is 2. The van der Waals surface area contributed by atoms with Crippen LogP contribution in [0.25, 0.3) is 0 Å². The van der Waals surface area contributed by atoms with E-state index in [9.17, 15) is 9.59 Å². The van der Waals surface area contributed by atoms with Gasteiger partial charge in [0.15, 0.2) is 6.10 Å². The molecule has 2 aromatic rings. The Morgan fingerprint density at radius 3 is 2.70 bits per heavy atom. The fourth-order valence-electron chi connectivity index (χ4n) is 1.67. The summed E-state index contributed by atoms with van der Waals surface area (Å²) in [6.45, 7) is 3.69. The van der Waals surface area contributed by atoms with E-state index in [1.807, 2.05) is 18.2 Å². The van der Waals surface area contributed by atoms with Crippen molar-refractivity contribution >= 4 is 28.3 Å². The molecule has 1 N–H and O–H groups in total. The maximum Gasteiger partial charge on any atom is 0.312 e. The van der Waals surface area contributed by atoms with Gasteiger partial charge in [-0.05, 0) is 26.0 Å². The van der Waals surface area contributed by atoms with Gasteiger partial charge in [0.25, 0.3) is 5.91 Å². The molecule has 0 fully saturated rings. The van der Waals surface area contributed by atoms with Gasteiger partial charge in [-0.2, -0.15) is 0 Å². The minimum Gasteiger partial charge on any atom is -0.481 e. The predicted molar refractivity (Wildman–Crippen MR) is 85.4 cm³/mol. The molecule has 0 radical (unpaired) electrons. The average Bonchev–Trinajstić information content (AvgIpc) is 2.95. The van der Waals surface area contributed by atoms with Gasteiger partial charge in [-0.1, -0.05) is 29.5 Å². The summed E-state index contributed by atoms with van der Waals surface area (Å²) in [5, 5.41) is 11.1. The molecule has 0 aliphatic carbocycles. The summed E-state index contributed by atoms with van der Waals surface area (Å²) >= 11 is 1.13. The van der Waals surface area contributed by atoms with Crippen molar-refractivity contribution in [3.8, 4) is 5.75 Å². The molecule has 122 valence electrons. The van der Waals surface area contributed by atoms with Crippen LogP contribution in [0.1, 0.15) is 18.9 Å². The van der Waals surface area contributed by atoms with Gasteiger partial charge in [0, 0.05) is 0 Å². The van der Waals surface area contributed by atoms with Crippen LogP contribution in [0.4, 0.5) is 5.13 Å². The van der Waals surface area contributed by atoms with Crippen molar-refractivity contribution in [3.05, 3.63) is 35.3 Å². The van der Waals surface area contributed by atoms with E-state index in [1.54, 1.807) is 26.0 Å². The molecule has 1 aromatic heterocycles. The molecule has 0 saturated heterocycles. The van der Waals surface area contributed by atoms with Crippen molar-refractivity contribution in [2.45, 2.75) is 26.4 Å². The van der Waals surface area contributed by atoms with Crippen molar-refractivity contribution in [2.24, 2.45) is 0 Å². The lowest BCUT2D eigenvalue weighted by Gasteiger charge is -2.13. The van der Waals surface area contributed by atoms with Crippen molar-refractivity contribution in [1.29, 1.82) is 0 Å². The van der Waals surface area contributed by atoms with E-state index < -0.39 is 6.10 Å². The van der Waals surface area contributed by atoms with Crippen LogP contribution >= 0.6 is 11.3 Å². The molecule has 0 bridgehead atoms. The van der Waals surface area contributed by atoms with Crippen LogP contribution in [0.3, 0.4) is 0 Å². The Hall–Kier alpha value is -2.48. The molecule has 0 saturated carbocycles. The largest absolute Gasteiger partial charge is 0.481 e. The second kappa shape index (κ2) is 8.23. The summed E-state index contributed by atoms with van der Waals surface area (Å²) < 4.78 is 10.4. The van der Waals surface area contributed by atoms with Gasteiger partial charge >= 0.3 is 5.97 Å². The molecule has 7 nitrogen and oxygen atoms in total. The van der Waals surface area contributed by atoms with E-state index in [2.05, 4.69) is 15.5 Å². The standard InChI is InChI=1S/C15H17N3O4S/c1-3-21-13(19)9-12-17-18-15(23-12)16-14(20)10(2)22-11-7-5-4-6-8-11/h4-8,10H,3,9H2,1-2H3,(H,16,18,20). The Kier molecular flexibility index (Phi) is 6.04. The summed E-state index contributed by atoms with van der Waals surface area (Å²) in [4.78, 5) is 23.4. The van der Waals surface area contributed by atoms with E-state index in [-0.39, 0.29) is 18.3 Å². The van der Waals surface area contributed by atoms with E-state index >= 15 is 0 Å². The highest BCUT2D eigenvalue weighted by Gasteiger charge is 2.17. The van der Waals surface area contributed by atoms with Crippen LogP contribution in [-0.4, -0.2) is 34.8 Å². The predicted octanol–water partition coefficient (Wildman–Crippen LogP) is 2.05. The zero-order chi connectivity index (χ0) is 16.7. The van der Waals surface area contributed by atoms with Crippen molar-refractivity contribution in [3.63, 3.8) is 0 Å². The van der Waals surface area contributed by atoms with Gasteiger partial charge in [0.1, 0.15) is 10.8 Å². The van der Waals surface area contributed by atoms with Gasteiger partial charge < -0.3 is 9.47 Å². The van der Waals surface area contributed by atoms with Crippen LogP contribution in [0.5, 0.6) is 5.75 Å². The molecular weight excluding hydrogens is 318 g/mol. The quantitative estimate of drug-likeness (QED) is 0.779. The molecule has 0 aliphatic rings. The summed E-state index contributed by atoms with van der Waals surface area (Å²) in [6.07, 6.45) is -0.646. The number of anilines is 1. The molecule has 0 spiro atoms. The van der Waals surface area contributed by atoms with Crippen LogP contribution in [0.15, 0.2) is 30.3 Å². The third kappa shape index (κ3) is 5.33. The fourth-order valence-corrected chi connectivity index (χ4v) is 2.40. The molecule has 0 aliphatic heterocycles. The fraction of sp³-hybridized carbons (Fsp3) is 0.333. The molecular formula is C15H17N3O4S. The maximum absolute atomic E-state index is 12.1. The topological polar surface area (TPSA) is 90.4 Å². The zero-order valence-corrected chi connectivity index (χ0v) is 13.6. The number of nitrogens with one attached hydrogen (secondary N) is 1. The highest BCUT2D eigenvalue weighted by Crippen LogP contribution is 2.17. The minimum absolute atomic E-state index is 0.0391. The van der Waals surface area contributed by atoms with Gasteiger partial charge in [0.2, 0.25) is 5.13 Å². The van der Waals surface area contributed by atoms with E-state index in [1.165, 1.54) is 0 Å². The van der Waals surface area contributed by atoms with Crippen molar-refractivity contribution < 1.29 is 19.1 Å². The average molecular weight is 335 g/mol. The number of esters is 1. The smallest absolute Gasteiger partial charge is 0.312 e. The third-order valence-electron chi connectivity index (χ3n) is 2.72. The Morgan fingerprint density at radius 2 is 2.00 bits per heavy atom. The van der Waals surface area contributed by atoms with Gasteiger partial charge in [-0.3, -0.25) is 14.9 Å². The second-order valence-electron chi connectivity index (χ2n) is 4.55. The second-order valence-corrected chi connectivity index (χ2v) is 5.61. The molecule has 1 heterocycles. The lowest BCUT2D eigenvalue weighted by atomic mass is 10.3. The van der Waals surface area contributed by atoms with Crippen molar-refractivity contribution in [1.82, 2.24) is 10.2 Å². The van der Waals surface area contributed by atoms with E-state index in [0.29, 0.717) is 22.5 Å². The molecule has 23 heavy (non-hydrogen) atoms. The van der Waals surface area contributed by atoms with Gasteiger partial charge in [-0.25, -0.2) is 0 Å². The number of ether oxygens (including phenoxy) is 2. The minimum atomic E-state index is -0.685. The molecule has 1 atom stereocenters. The Morgan fingerprint density at radius 1 is 1.26 bits per heavy atom. The first kappa shape index (κ1) is 16.9. The molecule has 1 aromatic carbocycles. The van der Waals surface area contributed by atoms with Gasteiger partial charge in [0.05, 0.1) is 13.0 Å². The summed E-state index contributed by atoms with van der Waals surface area (Å²) in [5.41, 5.74) is 0. The lowest BCUT2D eigenvalue weighted by Crippen LogP contribution is -2.30. The molecule has 8 heteroatoms. The molecule has 2 rings (SSSR count). The highest BCUT2D eigenvalue weighted by molar-refractivity contribution is 7.15. The monoisotopic (exact) mass is 335 g/mol. The summed E-state index contributed by atoms with van der Waals surface area (Å²) in [6, 6.07) is 9.06. The van der Waals surface area contributed by atoms with E-state index in [0.717, 1.165) is 11.3 Å². The van der Waals surface area contributed by atoms with Crippen LogP contribution in [0.2, 0.25) is 0 Å². The van der Waals surface area contributed by atoms with Crippen LogP contribution in [0, 0.1) is 0 Å². The molecule has 1 amide bonds. The highest BCUT2D eigenvalue weighted by atomic mass is 32.1. The number of hydrogen-bond acceptors (Lipinski definition) is 7. The number of carbonyl (C=O) groups excluding carboxylic acids is 2. The van der Waals surface area contributed by atoms with E-state index in [4.69, 9.17) is 9.47 Å². The number of benzene rings is 1. The van der Waals surface area contributed by atoms with Crippen LogP contribution in [-0.2, 0) is 20.7 Å². The Balaban J connectivity index is 1.87. The first-order valence-electron chi connectivity index (χ1n) is 7.09. The Labute approximate surface area is 137 Å². The first-order valence-corrected chi connectivity index (χ1v) is 7.90. The SMILES string of the molecule is CCOC(=O)Cc1nnc(NC(=O)C(C)Oc2ccccc2)s1. The number of rotatable bonds is 7. The number of amides is 1.